The van der Waals surface area contributed by atoms with E-state index in [1.807, 2.05) is 55.6 Å². The van der Waals surface area contributed by atoms with Crippen molar-refractivity contribution < 1.29 is 14.3 Å². The van der Waals surface area contributed by atoms with Gasteiger partial charge < -0.3 is 20.4 Å². The molecule has 1 fully saturated rings. The molecule has 0 radical (unpaired) electrons. The van der Waals surface area contributed by atoms with Crippen molar-refractivity contribution in [1.82, 2.24) is 20.6 Å². The summed E-state index contributed by atoms with van der Waals surface area (Å²) in [4.78, 5) is 35.6. The van der Waals surface area contributed by atoms with E-state index in [0.29, 0.717) is 23.7 Å². The van der Waals surface area contributed by atoms with Gasteiger partial charge in [-0.1, -0.05) is 43.5 Å². The summed E-state index contributed by atoms with van der Waals surface area (Å²) in [5.74, 6) is 0.418. The Kier molecular flexibility index (Phi) is 7.96. The SMILES string of the molecule is COc1ccc(C(=O)N[C@@](C)(Cc2c[nH]c3ccccc23)C(=O)NC(c2ccccn2)C2CCCCC2)cc1. The molecule has 1 aliphatic carbocycles. The van der Waals surface area contributed by atoms with E-state index in [2.05, 4.69) is 20.6 Å². The quantitative estimate of drug-likeness (QED) is 0.260. The third-order valence-corrected chi connectivity index (χ3v) is 7.88. The minimum Gasteiger partial charge on any atom is -0.497 e. The first kappa shape index (κ1) is 26.5. The van der Waals surface area contributed by atoms with Crippen LogP contribution in [0.15, 0.2) is 79.1 Å². The number of nitrogens with one attached hydrogen (secondary N) is 3. The van der Waals surface area contributed by atoms with Gasteiger partial charge in [0.15, 0.2) is 0 Å². The van der Waals surface area contributed by atoms with Gasteiger partial charge in [-0.2, -0.15) is 0 Å². The van der Waals surface area contributed by atoms with Crippen molar-refractivity contribution in [3.63, 3.8) is 0 Å². The maximum atomic E-state index is 14.2. The fourth-order valence-corrected chi connectivity index (χ4v) is 5.67. The van der Waals surface area contributed by atoms with Gasteiger partial charge >= 0.3 is 0 Å². The zero-order valence-electron chi connectivity index (χ0n) is 22.6. The highest BCUT2D eigenvalue weighted by molar-refractivity contribution is 5.99. The fraction of sp³-hybridized carbons (Fsp3) is 0.344. The van der Waals surface area contributed by atoms with Crippen LogP contribution < -0.4 is 15.4 Å². The summed E-state index contributed by atoms with van der Waals surface area (Å²) in [5, 5.41) is 7.45. The number of benzene rings is 2. The van der Waals surface area contributed by atoms with E-state index in [1.54, 1.807) is 37.6 Å². The van der Waals surface area contributed by atoms with Gasteiger partial charge in [0.2, 0.25) is 5.91 Å². The summed E-state index contributed by atoms with van der Waals surface area (Å²) in [6.07, 6.45) is 9.61. The number of ether oxygens (including phenoxy) is 1. The number of hydrogen-bond donors (Lipinski definition) is 3. The number of H-pyrrole nitrogens is 1. The van der Waals surface area contributed by atoms with E-state index in [0.717, 1.165) is 47.8 Å². The summed E-state index contributed by atoms with van der Waals surface area (Å²) < 4.78 is 5.24. The molecule has 7 nitrogen and oxygen atoms in total. The van der Waals surface area contributed by atoms with Crippen molar-refractivity contribution >= 4 is 22.7 Å². The van der Waals surface area contributed by atoms with Crippen LogP contribution in [-0.4, -0.2) is 34.4 Å². The number of para-hydroxylation sites is 1. The molecule has 3 N–H and O–H groups in total. The van der Waals surface area contributed by atoms with Gasteiger partial charge in [-0.05, 0) is 73.7 Å². The molecule has 2 aromatic carbocycles. The van der Waals surface area contributed by atoms with E-state index >= 15 is 0 Å². The van der Waals surface area contributed by atoms with Gasteiger partial charge in [-0.25, -0.2) is 0 Å². The van der Waals surface area contributed by atoms with E-state index in [-0.39, 0.29) is 17.9 Å². The monoisotopic (exact) mass is 524 g/mol. The zero-order valence-corrected chi connectivity index (χ0v) is 22.6. The number of nitrogens with zero attached hydrogens (tertiary/aromatic N) is 1. The minimum atomic E-state index is -1.22. The highest BCUT2D eigenvalue weighted by Gasteiger charge is 2.39. The third kappa shape index (κ3) is 5.98. The van der Waals surface area contributed by atoms with Crippen molar-refractivity contribution in [2.24, 2.45) is 5.92 Å². The van der Waals surface area contributed by atoms with Crippen molar-refractivity contribution in [2.75, 3.05) is 7.11 Å². The minimum absolute atomic E-state index is 0.223. The molecule has 2 amide bonds. The smallest absolute Gasteiger partial charge is 0.252 e. The molecular formula is C32H36N4O3. The molecule has 2 atom stereocenters. The van der Waals surface area contributed by atoms with Gasteiger partial charge in [0.1, 0.15) is 11.3 Å². The van der Waals surface area contributed by atoms with Crippen LogP contribution in [0.4, 0.5) is 0 Å². The van der Waals surface area contributed by atoms with E-state index in [4.69, 9.17) is 4.74 Å². The van der Waals surface area contributed by atoms with Crippen LogP contribution in [0.5, 0.6) is 5.75 Å². The summed E-state index contributed by atoms with van der Waals surface area (Å²) in [6, 6.07) is 20.5. The number of amides is 2. The van der Waals surface area contributed by atoms with Crippen LogP contribution in [0.2, 0.25) is 0 Å². The number of fused-ring (bicyclic) bond motifs is 1. The average molecular weight is 525 g/mol. The summed E-state index contributed by atoms with van der Waals surface area (Å²) in [5.41, 5.74) is 2.05. The average Bonchev–Trinajstić information content (AvgIpc) is 3.39. The summed E-state index contributed by atoms with van der Waals surface area (Å²) in [7, 11) is 1.59. The van der Waals surface area contributed by atoms with Crippen LogP contribution >= 0.6 is 0 Å². The maximum absolute atomic E-state index is 14.2. The molecule has 2 heterocycles. The second-order valence-electron chi connectivity index (χ2n) is 10.7. The standard InChI is InChI=1S/C32H36N4O3/c1-32(20-24-21-34-27-13-7-6-12-26(24)27,36-30(37)23-15-17-25(39-2)18-16-23)31(38)35-29(22-10-4-3-5-11-22)28-14-8-9-19-33-28/h6-9,12-19,21-22,29,34H,3-5,10-11,20H2,1-2H3,(H,35,38)(H,36,37)/t29?,32-/m0/s1. The number of pyridine rings is 1. The summed E-state index contributed by atoms with van der Waals surface area (Å²) >= 11 is 0. The number of aromatic amines is 1. The second-order valence-corrected chi connectivity index (χ2v) is 10.7. The molecule has 0 saturated heterocycles. The molecule has 0 bridgehead atoms. The van der Waals surface area contributed by atoms with Crippen molar-refractivity contribution in [3.05, 3.63) is 95.9 Å². The Morgan fingerprint density at radius 1 is 1.03 bits per heavy atom. The van der Waals surface area contributed by atoms with Crippen LogP contribution in [0, 0.1) is 5.92 Å². The van der Waals surface area contributed by atoms with Crippen LogP contribution in [0.25, 0.3) is 10.9 Å². The Balaban J connectivity index is 1.47. The van der Waals surface area contributed by atoms with Crippen molar-refractivity contribution in [3.8, 4) is 5.75 Å². The normalized spacial score (nSPS) is 16.3. The number of aromatic nitrogens is 2. The van der Waals surface area contributed by atoms with E-state index in [1.165, 1.54) is 6.42 Å². The topological polar surface area (TPSA) is 96.1 Å². The number of carbonyl (C=O) groups excluding carboxylic acids is 2. The molecule has 4 aromatic rings. The van der Waals surface area contributed by atoms with Crippen LogP contribution in [0.3, 0.4) is 0 Å². The van der Waals surface area contributed by atoms with Crippen molar-refractivity contribution in [2.45, 2.75) is 57.0 Å². The lowest BCUT2D eigenvalue weighted by Crippen LogP contribution is -2.59. The first-order valence-corrected chi connectivity index (χ1v) is 13.7. The lowest BCUT2D eigenvalue weighted by Gasteiger charge is -2.35. The number of carbonyl (C=O) groups is 2. The Hall–Kier alpha value is -4.13. The molecule has 1 unspecified atom stereocenters. The lowest BCUT2D eigenvalue weighted by atomic mass is 9.81. The zero-order chi connectivity index (χ0) is 27.2. The number of hydrogen-bond acceptors (Lipinski definition) is 4. The molecule has 1 aliphatic rings. The highest BCUT2D eigenvalue weighted by atomic mass is 16.5. The molecule has 2 aromatic heterocycles. The second kappa shape index (κ2) is 11.7. The number of rotatable bonds is 9. The molecule has 202 valence electrons. The predicted octanol–water partition coefficient (Wildman–Crippen LogP) is 5.74. The summed E-state index contributed by atoms with van der Waals surface area (Å²) in [6.45, 7) is 1.81. The Bertz CT molecular complexity index is 1410. The van der Waals surface area contributed by atoms with Crippen molar-refractivity contribution in [1.29, 1.82) is 0 Å². The Morgan fingerprint density at radius 3 is 2.49 bits per heavy atom. The van der Waals surface area contributed by atoms with Gasteiger partial charge in [0, 0.05) is 35.3 Å². The molecule has 7 heteroatoms. The van der Waals surface area contributed by atoms with Crippen LogP contribution in [0.1, 0.15) is 66.7 Å². The first-order chi connectivity index (χ1) is 19.0. The van der Waals surface area contributed by atoms with Gasteiger partial charge in [0.05, 0.1) is 18.8 Å². The van der Waals surface area contributed by atoms with E-state index in [9.17, 15) is 9.59 Å². The molecule has 0 aliphatic heterocycles. The maximum Gasteiger partial charge on any atom is 0.252 e. The van der Waals surface area contributed by atoms with E-state index < -0.39 is 5.54 Å². The van der Waals surface area contributed by atoms with Gasteiger partial charge in [-0.15, -0.1) is 0 Å². The largest absolute Gasteiger partial charge is 0.497 e. The Morgan fingerprint density at radius 2 is 1.77 bits per heavy atom. The molecule has 1 saturated carbocycles. The first-order valence-electron chi connectivity index (χ1n) is 13.7. The van der Waals surface area contributed by atoms with Gasteiger partial charge in [-0.3, -0.25) is 14.6 Å². The molecular weight excluding hydrogens is 488 g/mol. The Labute approximate surface area is 229 Å². The molecule has 5 rings (SSSR count). The number of methoxy groups -OCH3 is 1. The molecule has 39 heavy (non-hydrogen) atoms. The van der Waals surface area contributed by atoms with Gasteiger partial charge in [0.25, 0.3) is 5.91 Å². The third-order valence-electron chi connectivity index (χ3n) is 7.88. The predicted molar refractivity (Wildman–Crippen MR) is 153 cm³/mol. The highest BCUT2D eigenvalue weighted by Crippen LogP contribution is 2.34. The fourth-order valence-electron chi connectivity index (χ4n) is 5.67. The lowest BCUT2D eigenvalue weighted by molar-refractivity contribution is -0.128. The van der Waals surface area contributed by atoms with Crippen LogP contribution in [-0.2, 0) is 11.2 Å². The molecule has 0 spiro atoms.